The van der Waals surface area contributed by atoms with Crippen molar-refractivity contribution in [2.75, 3.05) is 0 Å². The molecule has 0 unspecified atom stereocenters. The van der Waals surface area contributed by atoms with Crippen LogP contribution in [0.4, 0.5) is 0 Å². The van der Waals surface area contributed by atoms with Crippen LogP contribution in [0.3, 0.4) is 0 Å². The molecule has 0 amide bonds. The number of ether oxygens (including phenoxy) is 1. The number of carbonyl (C=O) groups excluding carboxylic acids is 1. The molecular formula is C14H8INO2S. The quantitative estimate of drug-likeness (QED) is 0.452. The number of hydrogen-bond donors (Lipinski definition) is 0. The van der Waals surface area contributed by atoms with E-state index in [0.717, 1.165) is 14.7 Å². The summed E-state index contributed by atoms with van der Waals surface area (Å²) in [5.74, 6) is -0.0302. The van der Waals surface area contributed by atoms with Crippen LogP contribution in [0.15, 0.2) is 51.8 Å². The predicted octanol–water partition coefficient (Wildman–Crippen LogP) is 3.70. The zero-order valence-electron chi connectivity index (χ0n) is 9.67. The Morgan fingerprint density at radius 1 is 1.26 bits per heavy atom. The van der Waals surface area contributed by atoms with Gasteiger partial charge >= 0.3 is 5.97 Å². The summed E-state index contributed by atoms with van der Waals surface area (Å²) in [6, 6.07) is 9.61. The minimum absolute atomic E-state index is 0.341. The minimum Gasteiger partial charge on any atom is -0.402 e. The molecule has 0 fully saturated rings. The summed E-state index contributed by atoms with van der Waals surface area (Å²) >= 11 is 3.77. The smallest absolute Gasteiger partial charge is 0.363 e. The van der Waals surface area contributed by atoms with E-state index in [9.17, 15) is 4.79 Å². The summed E-state index contributed by atoms with van der Waals surface area (Å²) in [5.41, 5.74) is 2.14. The van der Waals surface area contributed by atoms with Crippen LogP contribution in [0.25, 0.3) is 6.08 Å². The lowest BCUT2D eigenvalue weighted by Crippen LogP contribution is -2.06. The van der Waals surface area contributed by atoms with Crippen LogP contribution < -0.4 is 0 Å². The Morgan fingerprint density at radius 3 is 2.84 bits per heavy atom. The van der Waals surface area contributed by atoms with Crippen LogP contribution in [0.5, 0.6) is 0 Å². The summed E-state index contributed by atoms with van der Waals surface area (Å²) in [5, 5.41) is 3.91. The van der Waals surface area contributed by atoms with Crippen LogP contribution >= 0.6 is 33.9 Å². The Morgan fingerprint density at radius 2 is 2.11 bits per heavy atom. The van der Waals surface area contributed by atoms with Crippen molar-refractivity contribution in [2.45, 2.75) is 0 Å². The molecule has 0 radical (unpaired) electrons. The normalized spacial score (nSPS) is 16.6. The molecule has 1 aromatic heterocycles. The number of halogens is 1. The lowest BCUT2D eigenvalue weighted by Gasteiger charge is -2.01. The molecule has 3 nitrogen and oxygen atoms in total. The fourth-order valence-corrected chi connectivity index (χ4v) is 2.91. The van der Waals surface area contributed by atoms with Gasteiger partial charge in [0, 0.05) is 3.57 Å². The number of carbonyl (C=O) groups is 1. The van der Waals surface area contributed by atoms with Crippen molar-refractivity contribution in [3.05, 3.63) is 61.5 Å². The van der Waals surface area contributed by atoms with E-state index in [1.807, 2.05) is 41.1 Å². The number of rotatable bonds is 2. The van der Waals surface area contributed by atoms with Crippen molar-refractivity contribution in [1.29, 1.82) is 0 Å². The molecule has 0 saturated carbocycles. The van der Waals surface area contributed by atoms with Gasteiger partial charge in [-0.3, -0.25) is 0 Å². The van der Waals surface area contributed by atoms with Crippen LogP contribution in [-0.4, -0.2) is 11.9 Å². The molecule has 5 heteroatoms. The Labute approximate surface area is 127 Å². The van der Waals surface area contributed by atoms with Crippen molar-refractivity contribution in [1.82, 2.24) is 0 Å². The van der Waals surface area contributed by atoms with E-state index in [1.54, 1.807) is 17.4 Å². The van der Waals surface area contributed by atoms with Gasteiger partial charge in [-0.1, -0.05) is 12.1 Å². The first-order valence-corrected chi connectivity index (χ1v) is 7.56. The average molecular weight is 381 g/mol. The predicted molar refractivity (Wildman–Crippen MR) is 84.1 cm³/mol. The van der Waals surface area contributed by atoms with Gasteiger partial charge in [-0.25, -0.2) is 9.79 Å². The molecule has 3 rings (SSSR count). The maximum absolute atomic E-state index is 11.8. The number of hydrogen-bond acceptors (Lipinski definition) is 4. The number of benzene rings is 1. The summed E-state index contributed by atoms with van der Waals surface area (Å²) in [7, 11) is 0. The molecule has 2 heterocycles. The van der Waals surface area contributed by atoms with Gasteiger partial charge in [-0.15, -0.1) is 0 Å². The van der Waals surface area contributed by atoms with E-state index in [2.05, 4.69) is 27.6 Å². The molecule has 19 heavy (non-hydrogen) atoms. The third-order valence-corrected chi connectivity index (χ3v) is 4.21. The van der Waals surface area contributed by atoms with Crippen molar-refractivity contribution in [2.24, 2.45) is 4.99 Å². The average Bonchev–Trinajstić information content (AvgIpc) is 3.02. The molecule has 0 aliphatic carbocycles. The maximum Gasteiger partial charge on any atom is 0.363 e. The first kappa shape index (κ1) is 12.6. The van der Waals surface area contributed by atoms with Crippen molar-refractivity contribution in [3.63, 3.8) is 0 Å². The summed E-state index contributed by atoms with van der Waals surface area (Å²) in [4.78, 5) is 16.1. The molecule has 0 atom stereocenters. The molecule has 0 saturated heterocycles. The fourth-order valence-electron chi connectivity index (χ4n) is 1.67. The van der Waals surface area contributed by atoms with E-state index >= 15 is 0 Å². The van der Waals surface area contributed by atoms with E-state index in [-0.39, 0.29) is 0 Å². The van der Waals surface area contributed by atoms with Gasteiger partial charge in [0.15, 0.2) is 5.70 Å². The molecule has 1 aliphatic heterocycles. The minimum atomic E-state index is -0.402. The first-order valence-electron chi connectivity index (χ1n) is 5.54. The second-order valence-electron chi connectivity index (χ2n) is 3.87. The molecule has 1 aromatic carbocycles. The number of cyclic esters (lactones) is 1. The lowest BCUT2D eigenvalue weighted by molar-refractivity contribution is -0.129. The van der Waals surface area contributed by atoms with Crippen LogP contribution in [-0.2, 0) is 9.53 Å². The summed E-state index contributed by atoms with van der Waals surface area (Å²) in [6.45, 7) is 0. The second-order valence-corrected chi connectivity index (χ2v) is 5.81. The van der Waals surface area contributed by atoms with Gasteiger partial charge in [0.25, 0.3) is 0 Å². The Balaban J connectivity index is 1.98. The largest absolute Gasteiger partial charge is 0.402 e. The monoisotopic (exact) mass is 381 g/mol. The van der Waals surface area contributed by atoms with E-state index in [0.29, 0.717) is 11.6 Å². The summed E-state index contributed by atoms with van der Waals surface area (Å²) in [6.07, 6.45) is 1.74. The van der Waals surface area contributed by atoms with E-state index < -0.39 is 5.97 Å². The van der Waals surface area contributed by atoms with Crippen LogP contribution in [0.1, 0.15) is 11.1 Å². The molecular weight excluding hydrogens is 373 g/mol. The topological polar surface area (TPSA) is 38.7 Å². The van der Waals surface area contributed by atoms with Gasteiger partial charge < -0.3 is 4.74 Å². The highest BCUT2D eigenvalue weighted by molar-refractivity contribution is 14.1. The van der Waals surface area contributed by atoms with Gasteiger partial charge in [-0.05, 0) is 63.2 Å². The Bertz CT molecular complexity index is 689. The molecule has 0 bridgehead atoms. The highest BCUT2D eigenvalue weighted by atomic mass is 127. The Kier molecular flexibility index (Phi) is 3.48. The van der Waals surface area contributed by atoms with E-state index in [1.165, 1.54) is 0 Å². The molecule has 0 spiro atoms. The lowest BCUT2D eigenvalue weighted by atomic mass is 10.2. The van der Waals surface area contributed by atoms with Crippen molar-refractivity contribution >= 4 is 51.9 Å². The molecule has 0 N–H and O–H groups in total. The zero-order valence-corrected chi connectivity index (χ0v) is 12.6. The maximum atomic E-state index is 11.8. The highest BCUT2D eigenvalue weighted by Gasteiger charge is 2.25. The van der Waals surface area contributed by atoms with Gasteiger partial charge in [-0.2, -0.15) is 11.3 Å². The second kappa shape index (κ2) is 5.26. The molecule has 2 aromatic rings. The third kappa shape index (κ3) is 2.62. The Hall–Kier alpha value is -1.47. The summed E-state index contributed by atoms with van der Waals surface area (Å²) < 4.78 is 6.23. The standard InChI is InChI=1S/C14H8INO2S/c15-11-4-2-1-3-10(11)13-16-12(14(17)18-13)7-9-5-6-19-8-9/h1-8H/b12-7-. The fraction of sp³-hybridized carbons (Fsp3) is 0. The number of aliphatic imine (C=N–C) groups is 1. The third-order valence-electron chi connectivity index (χ3n) is 2.57. The van der Waals surface area contributed by atoms with Crippen molar-refractivity contribution in [3.8, 4) is 0 Å². The SMILES string of the molecule is O=C1OC(c2ccccc2I)=N/C1=C\c1ccsc1. The van der Waals surface area contributed by atoms with Crippen LogP contribution in [0, 0.1) is 3.57 Å². The number of esters is 1. The number of nitrogens with zero attached hydrogens (tertiary/aromatic N) is 1. The van der Waals surface area contributed by atoms with E-state index in [4.69, 9.17) is 4.74 Å². The van der Waals surface area contributed by atoms with Gasteiger partial charge in [0.2, 0.25) is 5.90 Å². The zero-order chi connectivity index (χ0) is 13.2. The highest BCUT2D eigenvalue weighted by Crippen LogP contribution is 2.22. The molecule has 94 valence electrons. The molecule has 1 aliphatic rings. The van der Waals surface area contributed by atoms with Gasteiger partial charge in [0.05, 0.1) is 5.56 Å². The van der Waals surface area contributed by atoms with Gasteiger partial charge in [0.1, 0.15) is 0 Å². The van der Waals surface area contributed by atoms with Crippen LogP contribution in [0.2, 0.25) is 0 Å². The number of thiophene rings is 1. The van der Waals surface area contributed by atoms with Crippen molar-refractivity contribution < 1.29 is 9.53 Å². The first-order chi connectivity index (χ1) is 9.24.